The van der Waals surface area contributed by atoms with Gasteiger partial charge in [-0.2, -0.15) is 0 Å². The van der Waals surface area contributed by atoms with E-state index in [2.05, 4.69) is 25.1 Å². The van der Waals surface area contributed by atoms with Crippen molar-refractivity contribution in [3.63, 3.8) is 0 Å². The van der Waals surface area contributed by atoms with Crippen LogP contribution in [0.15, 0.2) is 0 Å². The highest BCUT2D eigenvalue weighted by molar-refractivity contribution is 5.86. The van der Waals surface area contributed by atoms with Gasteiger partial charge in [0.2, 0.25) is 0 Å². The highest BCUT2D eigenvalue weighted by atomic mass is 16.4. The SMILES string of the molecule is CC(C)CNCC#CC(=O)O. The van der Waals surface area contributed by atoms with Gasteiger partial charge in [-0.1, -0.05) is 19.8 Å². The van der Waals surface area contributed by atoms with Crippen molar-refractivity contribution in [1.82, 2.24) is 5.32 Å². The van der Waals surface area contributed by atoms with Crippen molar-refractivity contribution < 1.29 is 9.90 Å². The zero-order chi connectivity index (χ0) is 8.69. The summed E-state index contributed by atoms with van der Waals surface area (Å²) in [4.78, 5) is 9.89. The number of carbonyl (C=O) groups is 1. The predicted molar refractivity (Wildman–Crippen MR) is 43.1 cm³/mol. The quantitative estimate of drug-likeness (QED) is 0.456. The molecule has 0 aliphatic rings. The molecule has 3 heteroatoms. The van der Waals surface area contributed by atoms with E-state index in [1.54, 1.807) is 0 Å². The second-order valence-electron chi connectivity index (χ2n) is 2.63. The molecule has 0 aliphatic carbocycles. The molecule has 0 saturated heterocycles. The number of hydrogen-bond acceptors (Lipinski definition) is 2. The molecule has 0 radical (unpaired) electrons. The Kier molecular flexibility index (Phi) is 5.22. The largest absolute Gasteiger partial charge is 0.472 e. The summed E-state index contributed by atoms with van der Waals surface area (Å²) in [5, 5.41) is 11.1. The van der Waals surface area contributed by atoms with Gasteiger partial charge >= 0.3 is 5.97 Å². The van der Waals surface area contributed by atoms with Crippen molar-refractivity contribution in [3.8, 4) is 11.8 Å². The van der Waals surface area contributed by atoms with Crippen LogP contribution in [-0.4, -0.2) is 24.2 Å². The Morgan fingerprint density at radius 1 is 1.64 bits per heavy atom. The van der Waals surface area contributed by atoms with Gasteiger partial charge in [-0.15, -0.1) is 0 Å². The lowest BCUT2D eigenvalue weighted by Crippen LogP contribution is -2.19. The second-order valence-corrected chi connectivity index (χ2v) is 2.63. The zero-order valence-corrected chi connectivity index (χ0v) is 6.85. The molecule has 0 fully saturated rings. The number of carboxylic acid groups (broad SMARTS) is 1. The molecule has 0 rings (SSSR count). The van der Waals surface area contributed by atoms with E-state index < -0.39 is 5.97 Å². The van der Waals surface area contributed by atoms with Crippen LogP contribution in [0.3, 0.4) is 0 Å². The second kappa shape index (κ2) is 5.75. The van der Waals surface area contributed by atoms with Crippen LogP contribution < -0.4 is 5.32 Å². The monoisotopic (exact) mass is 155 g/mol. The first-order valence-corrected chi connectivity index (χ1v) is 3.55. The molecule has 0 amide bonds. The Bertz CT molecular complexity index is 176. The zero-order valence-electron chi connectivity index (χ0n) is 6.85. The maximum Gasteiger partial charge on any atom is 0.381 e. The molecule has 0 aliphatic heterocycles. The van der Waals surface area contributed by atoms with Crippen LogP contribution in [0.25, 0.3) is 0 Å². The van der Waals surface area contributed by atoms with E-state index in [0.29, 0.717) is 12.5 Å². The summed E-state index contributed by atoms with van der Waals surface area (Å²) in [6.07, 6.45) is 0. The smallest absolute Gasteiger partial charge is 0.381 e. The lowest BCUT2D eigenvalue weighted by Gasteiger charge is -2.01. The van der Waals surface area contributed by atoms with E-state index in [-0.39, 0.29) is 0 Å². The number of hydrogen-bond donors (Lipinski definition) is 2. The minimum atomic E-state index is -1.07. The Labute approximate surface area is 66.8 Å². The summed E-state index contributed by atoms with van der Waals surface area (Å²) in [5.41, 5.74) is 0. The molecule has 2 N–H and O–H groups in total. The molecule has 0 saturated carbocycles. The topological polar surface area (TPSA) is 49.3 Å². The molecule has 0 unspecified atom stereocenters. The van der Waals surface area contributed by atoms with Crippen molar-refractivity contribution in [2.75, 3.05) is 13.1 Å². The maximum absolute atomic E-state index is 9.89. The summed E-state index contributed by atoms with van der Waals surface area (Å²) >= 11 is 0. The van der Waals surface area contributed by atoms with Crippen LogP contribution in [0, 0.1) is 17.8 Å². The Morgan fingerprint density at radius 3 is 2.73 bits per heavy atom. The minimum Gasteiger partial charge on any atom is -0.472 e. The van der Waals surface area contributed by atoms with Crippen LogP contribution in [0.5, 0.6) is 0 Å². The van der Waals surface area contributed by atoms with Crippen molar-refractivity contribution >= 4 is 5.97 Å². The molecule has 0 bridgehead atoms. The van der Waals surface area contributed by atoms with E-state index in [4.69, 9.17) is 5.11 Å². The van der Waals surface area contributed by atoms with Crippen molar-refractivity contribution in [1.29, 1.82) is 0 Å². The third-order valence-electron chi connectivity index (χ3n) is 0.961. The molecule has 0 heterocycles. The third-order valence-corrected chi connectivity index (χ3v) is 0.961. The Morgan fingerprint density at radius 2 is 2.27 bits per heavy atom. The van der Waals surface area contributed by atoms with Gasteiger partial charge in [-0.25, -0.2) is 4.79 Å². The standard InChI is InChI=1S/C8H13NO2/c1-7(2)6-9-5-3-4-8(10)11/h7,9H,5-6H2,1-2H3,(H,10,11). The van der Waals surface area contributed by atoms with Crippen LogP contribution in [0.1, 0.15) is 13.8 Å². The summed E-state index contributed by atoms with van der Waals surface area (Å²) < 4.78 is 0. The Hall–Kier alpha value is -1.01. The highest BCUT2D eigenvalue weighted by Crippen LogP contribution is 1.85. The van der Waals surface area contributed by atoms with E-state index in [1.807, 2.05) is 5.92 Å². The molecule has 11 heavy (non-hydrogen) atoms. The normalized spacial score (nSPS) is 9.00. The number of nitrogens with one attached hydrogen (secondary N) is 1. The lowest BCUT2D eigenvalue weighted by atomic mass is 10.2. The van der Waals surface area contributed by atoms with Crippen LogP contribution >= 0.6 is 0 Å². The van der Waals surface area contributed by atoms with E-state index in [9.17, 15) is 4.79 Å². The molecule has 0 spiro atoms. The Balaban J connectivity index is 3.29. The van der Waals surface area contributed by atoms with Crippen LogP contribution in [-0.2, 0) is 4.79 Å². The maximum atomic E-state index is 9.89. The van der Waals surface area contributed by atoms with Gasteiger partial charge in [-0.3, -0.25) is 0 Å². The fraction of sp³-hybridized carbons (Fsp3) is 0.625. The number of rotatable bonds is 3. The average Bonchev–Trinajstić information content (AvgIpc) is 1.85. The molecule has 0 aromatic heterocycles. The first-order valence-electron chi connectivity index (χ1n) is 3.55. The van der Waals surface area contributed by atoms with E-state index in [0.717, 1.165) is 6.54 Å². The predicted octanol–water partition coefficient (Wildman–Crippen LogP) is 0.320. The minimum absolute atomic E-state index is 0.449. The fourth-order valence-electron chi connectivity index (χ4n) is 0.543. The molecular formula is C8H13NO2. The van der Waals surface area contributed by atoms with Gasteiger partial charge < -0.3 is 10.4 Å². The first-order chi connectivity index (χ1) is 5.13. The average molecular weight is 155 g/mol. The van der Waals surface area contributed by atoms with Crippen LogP contribution in [0.2, 0.25) is 0 Å². The summed E-state index contributed by atoms with van der Waals surface area (Å²) in [5.74, 6) is 4.00. The lowest BCUT2D eigenvalue weighted by molar-refractivity contribution is -0.130. The number of carboxylic acids is 1. The van der Waals surface area contributed by atoms with Gasteiger partial charge in [-0.05, 0) is 12.5 Å². The van der Waals surface area contributed by atoms with Crippen molar-refractivity contribution in [3.05, 3.63) is 0 Å². The van der Waals surface area contributed by atoms with Gasteiger partial charge in [0.1, 0.15) is 0 Å². The van der Waals surface area contributed by atoms with Crippen molar-refractivity contribution in [2.45, 2.75) is 13.8 Å². The van der Waals surface area contributed by atoms with Crippen LogP contribution in [0.4, 0.5) is 0 Å². The molecule has 0 aromatic rings. The molecule has 0 atom stereocenters. The summed E-state index contributed by atoms with van der Waals surface area (Å²) in [6.45, 7) is 5.48. The van der Waals surface area contributed by atoms with Crippen molar-refractivity contribution in [2.24, 2.45) is 5.92 Å². The van der Waals surface area contributed by atoms with Gasteiger partial charge in [0.25, 0.3) is 0 Å². The molecule has 3 nitrogen and oxygen atoms in total. The molecule has 62 valence electrons. The summed E-state index contributed by atoms with van der Waals surface area (Å²) in [6, 6.07) is 0. The first kappa shape index (κ1) is 9.99. The van der Waals surface area contributed by atoms with E-state index in [1.165, 1.54) is 0 Å². The number of aliphatic carboxylic acids is 1. The molecule has 0 aromatic carbocycles. The summed E-state index contributed by atoms with van der Waals surface area (Å²) in [7, 11) is 0. The van der Waals surface area contributed by atoms with Gasteiger partial charge in [0, 0.05) is 5.92 Å². The molecular weight excluding hydrogens is 142 g/mol. The third kappa shape index (κ3) is 8.99. The fourth-order valence-corrected chi connectivity index (χ4v) is 0.543. The highest BCUT2D eigenvalue weighted by Gasteiger charge is 1.89. The van der Waals surface area contributed by atoms with Gasteiger partial charge in [0.15, 0.2) is 0 Å². The van der Waals surface area contributed by atoms with Gasteiger partial charge in [0.05, 0.1) is 6.54 Å². The van der Waals surface area contributed by atoms with E-state index >= 15 is 0 Å².